The van der Waals surface area contributed by atoms with Crippen LogP contribution in [0.5, 0.6) is 0 Å². The van der Waals surface area contributed by atoms with Crippen molar-refractivity contribution in [1.82, 2.24) is 0 Å². The van der Waals surface area contributed by atoms with Gasteiger partial charge in [-0.25, -0.2) is 14.8 Å². The zero-order valence-corrected chi connectivity index (χ0v) is 22.3. The van der Waals surface area contributed by atoms with E-state index < -0.39 is 35.8 Å². The van der Waals surface area contributed by atoms with Crippen LogP contribution < -0.4 is 9.96 Å². The summed E-state index contributed by atoms with van der Waals surface area (Å²) in [6.07, 6.45) is -1.13. The van der Waals surface area contributed by atoms with Crippen molar-refractivity contribution in [3.8, 4) is 0 Å². The van der Waals surface area contributed by atoms with E-state index >= 15 is 0 Å². The van der Waals surface area contributed by atoms with Crippen molar-refractivity contribution in [2.24, 2.45) is 5.92 Å². The van der Waals surface area contributed by atoms with E-state index in [0.29, 0.717) is 31.9 Å². The van der Waals surface area contributed by atoms with Crippen LogP contribution in [-0.4, -0.2) is 31.0 Å². The quantitative estimate of drug-likeness (QED) is 0.278. The van der Waals surface area contributed by atoms with Gasteiger partial charge < -0.3 is 4.74 Å². The number of methoxy groups -OCH3 is 1. The first-order valence-electron chi connectivity index (χ1n) is 10.9. The fourth-order valence-electron chi connectivity index (χ4n) is 4.59. The van der Waals surface area contributed by atoms with E-state index in [9.17, 15) is 14.4 Å². The summed E-state index contributed by atoms with van der Waals surface area (Å²) in [6, 6.07) is 11.0. The molecular formula is C25H19Cl3N2O5S. The number of thiophene rings is 1. The number of fused-ring (bicyclic) bond motifs is 1. The van der Waals surface area contributed by atoms with Crippen molar-refractivity contribution in [1.29, 1.82) is 0 Å². The Labute approximate surface area is 226 Å². The second-order valence-electron chi connectivity index (χ2n) is 8.43. The summed E-state index contributed by atoms with van der Waals surface area (Å²) in [4.78, 5) is 48.1. The molecule has 2 amide bonds. The van der Waals surface area contributed by atoms with Crippen molar-refractivity contribution < 1.29 is 24.0 Å². The van der Waals surface area contributed by atoms with Gasteiger partial charge in [0.2, 0.25) is 5.91 Å². The largest absolute Gasteiger partial charge is 0.465 e. The van der Waals surface area contributed by atoms with E-state index in [4.69, 9.17) is 44.4 Å². The summed E-state index contributed by atoms with van der Waals surface area (Å²) in [7, 11) is 1.26. The number of benzene rings is 2. The van der Waals surface area contributed by atoms with Gasteiger partial charge in [0.1, 0.15) is 10.9 Å². The normalized spacial score (nSPS) is 21.3. The van der Waals surface area contributed by atoms with E-state index in [-0.39, 0.29) is 10.6 Å². The Hall–Kier alpha value is -2.62. The minimum Gasteiger partial charge on any atom is -0.465 e. The molecule has 0 unspecified atom stereocenters. The number of nitrogens with zero attached hydrogens (tertiary/aromatic N) is 2. The SMILES string of the molecule is COC(=O)c1c(N2C(=O)[C@@H]3[C@@H](c4ccc(Cl)cc4Cl)N(c4ccc(Cl)cc4)O[C@H]3C2=O)sc(C)c1C. The van der Waals surface area contributed by atoms with Crippen LogP contribution in [-0.2, 0) is 19.2 Å². The van der Waals surface area contributed by atoms with Gasteiger partial charge in [0.25, 0.3) is 5.91 Å². The summed E-state index contributed by atoms with van der Waals surface area (Å²) in [5.41, 5.74) is 2.01. The number of hydroxylamine groups is 1. The number of ether oxygens (including phenoxy) is 1. The van der Waals surface area contributed by atoms with E-state index in [1.165, 1.54) is 23.5 Å². The number of aryl methyl sites for hydroxylation is 1. The number of imide groups is 1. The Morgan fingerprint density at radius 3 is 2.31 bits per heavy atom. The maximum atomic E-state index is 13.9. The molecule has 3 atom stereocenters. The van der Waals surface area contributed by atoms with Gasteiger partial charge in [0.15, 0.2) is 6.10 Å². The first-order valence-corrected chi connectivity index (χ1v) is 12.8. The Bertz CT molecular complexity index is 1410. The van der Waals surface area contributed by atoms with Crippen LogP contribution in [0.4, 0.5) is 10.7 Å². The van der Waals surface area contributed by atoms with Crippen molar-refractivity contribution in [3.05, 3.63) is 79.1 Å². The third kappa shape index (κ3) is 3.88. The van der Waals surface area contributed by atoms with E-state index in [0.717, 1.165) is 9.78 Å². The summed E-state index contributed by atoms with van der Waals surface area (Å²) in [6.45, 7) is 3.57. The number of carbonyl (C=O) groups excluding carboxylic acids is 3. The van der Waals surface area contributed by atoms with Crippen LogP contribution in [0.3, 0.4) is 0 Å². The number of amides is 2. The molecule has 0 N–H and O–H groups in total. The Morgan fingerprint density at radius 1 is 1.00 bits per heavy atom. The molecule has 7 nitrogen and oxygen atoms in total. The van der Waals surface area contributed by atoms with Gasteiger partial charge in [0, 0.05) is 19.9 Å². The average Bonchev–Trinajstić information content (AvgIpc) is 3.44. The molecule has 0 saturated carbocycles. The van der Waals surface area contributed by atoms with Crippen LogP contribution in [0.2, 0.25) is 15.1 Å². The number of hydrogen-bond acceptors (Lipinski definition) is 7. The van der Waals surface area contributed by atoms with Gasteiger partial charge >= 0.3 is 5.97 Å². The lowest BCUT2D eigenvalue weighted by Gasteiger charge is -2.29. The lowest BCUT2D eigenvalue weighted by atomic mass is 9.90. The lowest BCUT2D eigenvalue weighted by Crippen LogP contribution is -2.37. The average molecular weight is 566 g/mol. The van der Waals surface area contributed by atoms with E-state index in [1.54, 1.807) is 49.4 Å². The number of halogens is 3. The number of hydrogen-bond donors (Lipinski definition) is 0. The molecule has 2 aliphatic heterocycles. The van der Waals surface area contributed by atoms with Crippen LogP contribution in [0.1, 0.15) is 32.4 Å². The van der Waals surface area contributed by atoms with Gasteiger partial charge in [-0.1, -0.05) is 40.9 Å². The fraction of sp³-hybridized carbons (Fsp3) is 0.240. The third-order valence-electron chi connectivity index (χ3n) is 6.44. The van der Waals surface area contributed by atoms with E-state index in [2.05, 4.69) is 0 Å². The highest BCUT2D eigenvalue weighted by molar-refractivity contribution is 7.17. The molecule has 3 aromatic rings. The molecule has 2 fully saturated rings. The molecule has 36 heavy (non-hydrogen) atoms. The maximum Gasteiger partial charge on any atom is 0.341 e. The first kappa shape index (κ1) is 25.0. The van der Waals surface area contributed by atoms with E-state index in [1.807, 2.05) is 6.92 Å². The van der Waals surface area contributed by atoms with Crippen LogP contribution in [0.25, 0.3) is 0 Å². The van der Waals surface area contributed by atoms with Gasteiger partial charge in [-0.2, -0.15) is 0 Å². The predicted molar refractivity (Wildman–Crippen MR) is 139 cm³/mol. The van der Waals surface area contributed by atoms with Crippen molar-refractivity contribution >= 4 is 74.6 Å². The van der Waals surface area contributed by atoms with Gasteiger partial charge in [-0.3, -0.25) is 14.4 Å². The molecule has 0 bridgehead atoms. The smallest absolute Gasteiger partial charge is 0.341 e. The summed E-state index contributed by atoms with van der Waals surface area (Å²) in [5.74, 6) is -2.61. The number of rotatable bonds is 4. The zero-order valence-electron chi connectivity index (χ0n) is 19.3. The minimum absolute atomic E-state index is 0.192. The van der Waals surface area contributed by atoms with Gasteiger partial charge in [0.05, 0.1) is 24.4 Å². The van der Waals surface area contributed by atoms with Crippen LogP contribution in [0.15, 0.2) is 42.5 Å². The summed E-state index contributed by atoms with van der Waals surface area (Å²) < 4.78 is 4.94. The highest BCUT2D eigenvalue weighted by Gasteiger charge is 2.61. The molecule has 0 spiro atoms. The molecule has 0 radical (unpaired) electrons. The van der Waals surface area contributed by atoms with Crippen molar-refractivity contribution in [2.75, 3.05) is 17.1 Å². The summed E-state index contributed by atoms with van der Waals surface area (Å²) in [5, 5.41) is 3.02. The van der Waals surface area contributed by atoms with Crippen LogP contribution in [0, 0.1) is 19.8 Å². The predicted octanol–water partition coefficient (Wildman–Crippen LogP) is 6.16. The molecule has 1 aromatic heterocycles. The maximum absolute atomic E-state index is 13.9. The standard InChI is InChI=1S/C25H19Cl3N2O5S/c1-11-12(2)36-24(18(11)25(33)34-3)29-22(31)19-20(16-9-6-14(27)10-17(16)28)30(35-21(19)23(29)32)15-7-4-13(26)5-8-15/h4-10,19-21H,1-3H3/t19-,20-,21-/m1/s1. The molecule has 2 aromatic carbocycles. The third-order valence-corrected chi connectivity index (χ3v) is 8.44. The number of carbonyl (C=O) groups is 3. The van der Waals surface area contributed by atoms with Crippen molar-refractivity contribution in [2.45, 2.75) is 26.0 Å². The second kappa shape index (κ2) is 9.36. The molecule has 3 heterocycles. The topological polar surface area (TPSA) is 76.2 Å². The van der Waals surface area contributed by atoms with Crippen LogP contribution >= 0.6 is 46.1 Å². The molecular weight excluding hydrogens is 547 g/mol. The Morgan fingerprint density at radius 2 is 1.67 bits per heavy atom. The van der Waals surface area contributed by atoms with Gasteiger partial charge in [-0.15, -0.1) is 11.3 Å². The molecule has 186 valence electrons. The molecule has 0 aliphatic carbocycles. The highest BCUT2D eigenvalue weighted by atomic mass is 35.5. The monoisotopic (exact) mass is 564 g/mol. The Kier molecular flexibility index (Phi) is 6.51. The molecule has 2 saturated heterocycles. The van der Waals surface area contributed by atoms with Crippen molar-refractivity contribution in [3.63, 3.8) is 0 Å². The molecule has 5 rings (SSSR count). The lowest BCUT2D eigenvalue weighted by molar-refractivity contribution is -0.126. The summed E-state index contributed by atoms with van der Waals surface area (Å²) >= 11 is 19.9. The van der Waals surface area contributed by atoms with Gasteiger partial charge in [-0.05, 0) is 61.4 Å². The number of esters is 1. The molecule has 11 heteroatoms. The first-order chi connectivity index (χ1) is 17.1. The fourth-order valence-corrected chi connectivity index (χ4v) is 6.39. The zero-order chi connectivity index (χ0) is 25.9. The minimum atomic E-state index is -1.13. The molecule has 2 aliphatic rings. The Balaban J connectivity index is 1.63. The number of anilines is 2. The highest BCUT2D eigenvalue weighted by Crippen LogP contribution is 2.51. The second-order valence-corrected chi connectivity index (χ2v) is 10.9.